The van der Waals surface area contributed by atoms with Crippen molar-refractivity contribution in [2.24, 2.45) is 0 Å². The topological polar surface area (TPSA) is 12.0 Å². The molecule has 5 heteroatoms. The molecular weight excluding hydrogens is 282 g/mol. The second-order valence-corrected chi connectivity index (χ2v) is 5.26. The number of nitrogens with one attached hydrogen (secondary N) is 1. The molecule has 0 aliphatic carbocycles. The van der Waals surface area contributed by atoms with Gasteiger partial charge in [-0.05, 0) is 30.7 Å². The van der Waals surface area contributed by atoms with Crippen LogP contribution in [0.2, 0.25) is 0 Å². The zero-order valence-electron chi connectivity index (χ0n) is 12.4. The van der Waals surface area contributed by atoms with Crippen molar-refractivity contribution in [3.05, 3.63) is 35.1 Å². The van der Waals surface area contributed by atoms with E-state index >= 15 is 0 Å². The average molecular weight is 305 g/mol. The van der Waals surface area contributed by atoms with Gasteiger partial charge in [0, 0.05) is 6.54 Å². The predicted octanol–water partition coefficient (Wildman–Crippen LogP) is 5.29. The number of rotatable bonds is 9. The maximum Gasteiger partial charge on any atom is 0.419 e. The highest BCUT2D eigenvalue weighted by atomic mass is 19.4. The summed E-state index contributed by atoms with van der Waals surface area (Å²) in [5.74, 6) is -1.22. The van der Waals surface area contributed by atoms with Gasteiger partial charge in [0.15, 0.2) is 0 Å². The second kappa shape index (κ2) is 9.03. The van der Waals surface area contributed by atoms with Crippen LogP contribution in [-0.2, 0) is 12.7 Å². The number of hydrogen-bond donors (Lipinski definition) is 1. The molecule has 0 fully saturated rings. The number of alkyl halides is 3. The largest absolute Gasteiger partial charge is 0.419 e. The van der Waals surface area contributed by atoms with Crippen molar-refractivity contribution >= 4 is 0 Å². The summed E-state index contributed by atoms with van der Waals surface area (Å²) < 4.78 is 50.8. The van der Waals surface area contributed by atoms with Crippen LogP contribution < -0.4 is 5.32 Å². The Kier molecular flexibility index (Phi) is 7.72. The molecule has 1 nitrogen and oxygen atoms in total. The molecule has 0 aromatic heterocycles. The lowest BCUT2D eigenvalue weighted by molar-refractivity contribution is -0.140. The van der Waals surface area contributed by atoms with Crippen LogP contribution in [0.3, 0.4) is 0 Å². The average Bonchev–Trinajstić information content (AvgIpc) is 2.42. The Bertz CT molecular complexity index is 415. The number of hydrogen-bond acceptors (Lipinski definition) is 1. The zero-order chi connectivity index (χ0) is 15.7. The Labute approximate surface area is 123 Å². The highest BCUT2D eigenvalue weighted by Gasteiger charge is 2.34. The Morgan fingerprint density at radius 1 is 1.00 bits per heavy atom. The summed E-state index contributed by atoms with van der Waals surface area (Å²) in [7, 11) is 0. The molecule has 0 aliphatic rings. The molecule has 0 spiro atoms. The lowest BCUT2D eigenvalue weighted by Crippen LogP contribution is -2.16. The molecular formula is C16H23F4N. The third kappa shape index (κ3) is 6.93. The van der Waals surface area contributed by atoms with E-state index in [0.29, 0.717) is 12.1 Å². The zero-order valence-corrected chi connectivity index (χ0v) is 12.4. The fourth-order valence-corrected chi connectivity index (χ4v) is 2.16. The molecule has 0 radical (unpaired) electrons. The fraction of sp³-hybridized carbons (Fsp3) is 0.625. The summed E-state index contributed by atoms with van der Waals surface area (Å²) in [5, 5.41) is 3.10. The van der Waals surface area contributed by atoms with E-state index in [-0.39, 0.29) is 0 Å². The van der Waals surface area contributed by atoms with Crippen molar-refractivity contribution in [3.8, 4) is 0 Å². The number of benzene rings is 1. The molecule has 0 aliphatic heterocycles. The van der Waals surface area contributed by atoms with Crippen molar-refractivity contribution < 1.29 is 17.6 Å². The second-order valence-electron chi connectivity index (χ2n) is 5.26. The molecule has 120 valence electrons. The molecule has 1 rings (SSSR count). The van der Waals surface area contributed by atoms with Crippen LogP contribution in [0.25, 0.3) is 0 Å². The summed E-state index contributed by atoms with van der Waals surface area (Å²) >= 11 is 0. The van der Waals surface area contributed by atoms with Crippen LogP contribution in [0.4, 0.5) is 17.6 Å². The third-order valence-corrected chi connectivity index (χ3v) is 3.37. The van der Waals surface area contributed by atoms with Gasteiger partial charge in [-0.25, -0.2) is 4.39 Å². The summed E-state index contributed by atoms with van der Waals surface area (Å²) in [5.41, 5.74) is -0.740. The van der Waals surface area contributed by atoms with Crippen LogP contribution in [0.1, 0.15) is 56.6 Å². The van der Waals surface area contributed by atoms with Crippen LogP contribution in [0, 0.1) is 5.82 Å². The number of unbranched alkanes of at least 4 members (excludes halogenated alkanes) is 5. The minimum Gasteiger partial charge on any atom is -0.313 e. The molecule has 0 saturated heterocycles. The summed E-state index contributed by atoms with van der Waals surface area (Å²) in [6.45, 7) is 3.27. The van der Waals surface area contributed by atoms with Crippen molar-refractivity contribution in [2.75, 3.05) is 6.54 Å². The Hall–Kier alpha value is -1.10. The Morgan fingerprint density at radius 2 is 1.67 bits per heavy atom. The molecule has 0 saturated carbocycles. The maximum absolute atomic E-state index is 13.1. The van der Waals surface area contributed by atoms with Gasteiger partial charge in [0.05, 0.1) is 5.56 Å². The van der Waals surface area contributed by atoms with E-state index in [2.05, 4.69) is 12.2 Å². The third-order valence-electron chi connectivity index (χ3n) is 3.37. The van der Waals surface area contributed by atoms with E-state index in [0.717, 1.165) is 31.5 Å². The predicted molar refractivity (Wildman–Crippen MR) is 76.5 cm³/mol. The molecule has 1 N–H and O–H groups in total. The van der Waals surface area contributed by atoms with Gasteiger partial charge in [0.1, 0.15) is 5.82 Å². The highest BCUT2D eigenvalue weighted by Crippen LogP contribution is 2.31. The first-order valence-corrected chi connectivity index (χ1v) is 7.51. The first-order chi connectivity index (χ1) is 9.95. The first kappa shape index (κ1) is 18.0. The van der Waals surface area contributed by atoms with Gasteiger partial charge in [-0.3, -0.25) is 0 Å². The molecule has 1 aromatic carbocycles. The van der Waals surface area contributed by atoms with Crippen molar-refractivity contribution in [3.63, 3.8) is 0 Å². The SMILES string of the molecule is CCCCCCCCNCc1ccc(F)c(C(F)(F)F)c1. The van der Waals surface area contributed by atoms with Gasteiger partial charge in [-0.2, -0.15) is 13.2 Å². The summed E-state index contributed by atoms with van der Waals surface area (Å²) in [6.07, 6.45) is 2.40. The van der Waals surface area contributed by atoms with E-state index in [1.807, 2.05) is 0 Å². The van der Waals surface area contributed by atoms with Crippen LogP contribution in [0.15, 0.2) is 18.2 Å². The van der Waals surface area contributed by atoms with Gasteiger partial charge >= 0.3 is 6.18 Å². The first-order valence-electron chi connectivity index (χ1n) is 7.51. The number of halogens is 4. The van der Waals surface area contributed by atoms with E-state index in [4.69, 9.17) is 0 Å². The fourth-order valence-electron chi connectivity index (χ4n) is 2.16. The lowest BCUT2D eigenvalue weighted by atomic mass is 10.1. The normalized spacial score (nSPS) is 11.9. The van der Waals surface area contributed by atoms with Crippen LogP contribution in [-0.4, -0.2) is 6.54 Å². The van der Waals surface area contributed by atoms with Crippen molar-refractivity contribution in [1.29, 1.82) is 0 Å². The molecule has 1 aromatic rings. The van der Waals surface area contributed by atoms with Crippen LogP contribution in [0.5, 0.6) is 0 Å². The smallest absolute Gasteiger partial charge is 0.313 e. The van der Waals surface area contributed by atoms with Gasteiger partial charge in [0.2, 0.25) is 0 Å². The monoisotopic (exact) mass is 305 g/mol. The minimum atomic E-state index is -4.64. The lowest BCUT2D eigenvalue weighted by Gasteiger charge is -2.10. The molecule has 0 heterocycles. The van der Waals surface area contributed by atoms with E-state index in [1.54, 1.807) is 0 Å². The van der Waals surface area contributed by atoms with E-state index in [9.17, 15) is 17.6 Å². The van der Waals surface area contributed by atoms with Crippen molar-refractivity contribution in [2.45, 2.75) is 58.2 Å². The summed E-state index contributed by atoms with van der Waals surface area (Å²) in [6, 6.07) is 3.15. The van der Waals surface area contributed by atoms with Gasteiger partial charge < -0.3 is 5.32 Å². The van der Waals surface area contributed by atoms with Gasteiger partial charge in [-0.1, -0.05) is 45.1 Å². The molecule has 0 amide bonds. The van der Waals surface area contributed by atoms with E-state index < -0.39 is 17.6 Å². The molecule has 21 heavy (non-hydrogen) atoms. The Morgan fingerprint density at radius 3 is 2.33 bits per heavy atom. The molecule has 0 unspecified atom stereocenters. The molecule has 0 bridgehead atoms. The van der Waals surface area contributed by atoms with Gasteiger partial charge in [0.25, 0.3) is 0 Å². The van der Waals surface area contributed by atoms with Crippen molar-refractivity contribution in [1.82, 2.24) is 5.32 Å². The summed E-state index contributed by atoms with van der Waals surface area (Å²) in [4.78, 5) is 0. The quantitative estimate of drug-likeness (QED) is 0.482. The molecule has 0 atom stereocenters. The Balaban J connectivity index is 2.30. The standard InChI is InChI=1S/C16H23F4N/c1-2-3-4-5-6-7-10-21-12-13-8-9-15(17)14(11-13)16(18,19)20/h8-9,11,21H,2-7,10,12H2,1H3. The van der Waals surface area contributed by atoms with Gasteiger partial charge in [-0.15, -0.1) is 0 Å². The van der Waals surface area contributed by atoms with Crippen LogP contribution >= 0.6 is 0 Å². The maximum atomic E-state index is 13.1. The van der Waals surface area contributed by atoms with E-state index in [1.165, 1.54) is 31.7 Å². The highest BCUT2D eigenvalue weighted by molar-refractivity contribution is 5.27. The minimum absolute atomic E-state index is 0.332.